The van der Waals surface area contributed by atoms with Gasteiger partial charge in [-0.25, -0.2) is 4.79 Å². The zero-order valence-corrected chi connectivity index (χ0v) is 12.7. The van der Waals surface area contributed by atoms with Gasteiger partial charge < -0.3 is 15.7 Å². The van der Waals surface area contributed by atoms with Crippen LogP contribution in [0.5, 0.6) is 0 Å². The van der Waals surface area contributed by atoms with E-state index in [1.807, 2.05) is 42.5 Å². The molecule has 0 spiro atoms. The molecule has 2 rings (SSSR count). The largest absolute Gasteiger partial charge is 0.392 e. The molecule has 0 saturated heterocycles. The highest BCUT2D eigenvalue weighted by molar-refractivity contribution is 6.32. The Kier molecular flexibility index (Phi) is 6.01. The van der Waals surface area contributed by atoms with E-state index in [1.165, 1.54) is 0 Å². The second kappa shape index (κ2) is 8.22. The lowest BCUT2D eigenvalue weighted by Gasteiger charge is -2.05. The van der Waals surface area contributed by atoms with Crippen LogP contribution in [0.3, 0.4) is 0 Å². The number of benzene rings is 2. The number of hydrogen-bond donors (Lipinski definition) is 3. The smallest absolute Gasteiger partial charge is 0.319 e. The zero-order valence-electron chi connectivity index (χ0n) is 11.9. The summed E-state index contributed by atoms with van der Waals surface area (Å²) >= 11 is 6.01. The van der Waals surface area contributed by atoms with Gasteiger partial charge in [0, 0.05) is 17.8 Å². The molecule has 0 bridgehead atoms. The summed E-state index contributed by atoms with van der Waals surface area (Å²) in [6.45, 7) is 0.429. The standard InChI is InChI=1S/C17H17ClN2O2/c18-16-4-2-1-3-15(16)9-10-19-17(22)20-11-13-5-7-14(12-21)8-6-13/h1-10,21H,11-12H2,(H2,19,20,22)/b10-9+. The minimum absolute atomic E-state index is 0.0149. The normalized spacial score (nSPS) is 10.6. The maximum Gasteiger partial charge on any atom is 0.319 e. The number of amides is 2. The van der Waals surface area contributed by atoms with Crippen LogP contribution in [0.2, 0.25) is 5.02 Å². The van der Waals surface area contributed by atoms with Gasteiger partial charge in [0.25, 0.3) is 0 Å². The SMILES string of the molecule is O=C(N/C=C/c1ccccc1Cl)NCc1ccc(CO)cc1. The molecule has 2 aromatic carbocycles. The van der Waals surface area contributed by atoms with E-state index in [1.54, 1.807) is 18.3 Å². The highest BCUT2D eigenvalue weighted by Crippen LogP contribution is 2.15. The molecule has 0 aliphatic heterocycles. The molecular weight excluding hydrogens is 300 g/mol. The Labute approximate surface area is 134 Å². The first-order valence-corrected chi connectivity index (χ1v) is 7.21. The van der Waals surface area contributed by atoms with Gasteiger partial charge in [-0.15, -0.1) is 0 Å². The second-order valence-electron chi connectivity index (χ2n) is 4.66. The number of aliphatic hydroxyl groups excluding tert-OH is 1. The van der Waals surface area contributed by atoms with Gasteiger partial charge in [0.1, 0.15) is 0 Å². The van der Waals surface area contributed by atoms with Gasteiger partial charge in [-0.05, 0) is 28.8 Å². The zero-order chi connectivity index (χ0) is 15.8. The van der Waals surface area contributed by atoms with Crippen LogP contribution in [-0.4, -0.2) is 11.1 Å². The Hall–Kier alpha value is -2.30. The number of urea groups is 1. The van der Waals surface area contributed by atoms with Crippen LogP contribution in [0, 0.1) is 0 Å². The first-order valence-electron chi connectivity index (χ1n) is 6.83. The van der Waals surface area contributed by atoms with Gasteiger partial charge in [0.05, 0.1) is 6.61 Å². The second-order valence-corrected chi connectivity index (χ2v) is 5.06. The third kappa shape index (κ3) is 4.91. The van der Waals surface area contributed by atoms with E-state index in [0.717, 1.165) is 16.7 Å². The van der Waals surface area contributed by atoms with E-state index in [0.29, 0.717) is 11.6 Å². The van der Waals surface area contributed by atoms with Crippen molar-refractivity contribution >= 4 is 23.7 Å². The molecule has 0 aromatic heterocycles. The molecule has 22 heavy (non-hydrogen) atoms. The molecule has 0 aliphatic carbocycles. The van der Waals surface area contributed by atoms with E-state index >= 15 is 0 Å². The lowest BCUT2D eigenvalue weighted by molar-refractivity contribution is 0.244. The number of nitrogens with one attached hydrogen (secondary N) is 2. The molecule has 114 valence electrons. The molecule has 2 amide bonds. The average Bonchev–Trinajstić information content (AvgIpc) is 2.55. The molecule has 0 fully saturated rings. The molecule has 0 heterocycles. The fraction of sp³-hybridized carbons (Fsp3) is 0.118. The van der Waals surface area contributed by atoms with E-state index in [4.69, 9.17) is 16.7 Å². The predicted molar refractivity (Wildman–Crippen MR) is 88.2 cm³/mol. The van der Waals surface area contributed by atoms with Crippen LogP contribution in [0.4, 0.5) is 4.79 Å². The molecule has 0 atom stereocenters. The first-order chi connectivity index (χ1) is 10.7. The minimum atomic E-state index is -0.297. The van der Waals surface area contributed by atoms with Crippen molar-refractivity contribution in [1.82, 2.24) is 10.6 Å². The number of halogens is 1. The number of hydrogen-bond acceptors (Lipinski definition) is 2. The predicted octanol–water partition coefficient (Wildman–Crippen LogP) is 3.30. The molecule has 2 aromatic rings. The summed E-state index contributed by atoms with van der Waals surface area (Å²) in [4.78, 5) is 11.7. The van der Waals surface area contributed by atoms with Crippen LogP contribution in [-0.2, 0) is 13.2 Å². The highest BCUT2D eigenvalue weighted by atomic mass is 35.5. The van der Waals surface area contributed by atoms with E-state index < -0.39 is 0 Å². The third-order valence-corrected chi connectivity index (χ3v) is 3.39. The molecule has 3 N–H and O–H groups in total. The summed E-state index contributed by atoms with van der Waals surface area (Å²) in [6, 6.07) is 14.5. The summed E-state index contributed by atoms with van der Waals surface area (Å²) in [5.74, 6) is 0. The summed E-state index contributed by atoms with van der Waals surface area (Å²) in [5, 5.41) is 15.0. The lowest BCUT2D eigenvalue weighted by atomic mass is 10.1. The molecule has 0 unspecified atom stereocenters. The van der Waals surface area contributed by atoms with Crippen LogP contribution in [0.1, 0.15) is 16.7 Å². The van der Waals surface area contributed by atoms with Gasteiger partial charge in [-0.2, -0.15) is 0 Å². The maximum absolute atomic E-state index is 11.7. The summed E-state index contributed by atoms with van der Waals surface area (Å²) in [7, 11) is 0. The number of carbonyl (C=O) groups excluding carboxylic acids is 1. The number of rotatable bonds is 5. The third-order valence-electron chi connectivity index (χ3n) is 3.04. The highest BCUT2D eigenvalue weighted by Gasteiger charge is 1.99. The summed E-state index contributed by atoms with van der Waals surface area (Å²) in [6.07, 6.45) is 3.28. The van der Waals surface area contributed by atoms with Crippen molar-refractivity contribution < 1.29 is 9.90 Å². The van der Waals surface area contributed by atoms with Crippen molar-refractivity contribution in [2.75, 3.05) is 0 Å². The van der Waals surface area contributed by atoms with Crippen LogP contribution in [0.25, 0.3) is 6.08 Å². The maximum atomic E-state index is 11.7. The lowest BCUT2D eigenvalue weighted by Crippen LogP contribution is -2.31. The van der Waals surface area contributed by atoms with Crippen molar-refractivity contribution in [3.63, 3.8) is 0 Å². The Bertz CT molecular complexity index is 654. The van der Waals surface area contributed by atoms with Gasteiger partial charge in [-0.3, -0.25) is 0 Å². The summed E-state index contributed by atoms with van der Waals surface area (Å²) < 4.78 is 0. The van der Waals surface area contributed by atoms with Crippen molar-refractivity contribution in [3.8, 4) is 0 Å². The van der Waals surface area contributed by atoms with E-state index in [-0.39, 0.29) is 12.6 Å². The molecule has 0 aliphatic rings. The minimum Gasteiger partial charge on any atom is -0.392 e. The molecule has 4 nitrogen and oxygen atoms in total. The van der Waals surface area contributed by atoms with Crippen LogP contribution in [0.15, 0.2) is 54.7 Å². The van der Waals surface area contributed by atoms with Crippen molar-refractivity contribution in [2.24, 2.45) is 0 Å². The molecule has 0 saturated carbocycles. The van der Waals surface area contributed by atoms with Crippen LogP contribution >= 0.6 is 11.6 Å². The van der Waals surface area contributed by atoms with Gasteiger partial charge in [0.15, 0.2) is 0 Å². The number of carbonyl (C=O) groups is 1. The Morgan fingerprint density at radius 2 is 1.77 bits per heavy atom. The Morgan fingerprint density at radius 3 is 2.45 bits per heavy atom. The molecule has 0 radical (unpaired) electrons. The molecule has 5 heteroatoms. The van der Waals surface area contributed by atoms with Crippen molar-refractivity contribution in [1.29, 1.82) is 0 Å². The van der Waals surface area contributed by atoms with Gasteiger partial charge in [-0.1, -0.05) is 54.1 Å². The quantitative estimate of drug-likeness (QED) is 0.792. The van der Waals surface area contributed by atoms with Crippen LogP contribution < -0.4 is 10.6 Å². The van der Waals surface area contributed by atoms with Crippen molar-refractivity contribution in [2.45, 2.75) is 13.2 Å². The summed E-state index contributed by atoms with van der Waals surface area (Å²) in [5.41, 5.74) is 2.64. The van der Waals surface area contributed by atoms with Gasteiger partial charge >= 0.3 is 6.03 Å². The van der Waals surface area contributed by atoms with E-state index in [2.05, 4.69) is 10.6 Å². The topological polar surface area (TPSA) is 61.4 Å². The molecular formula is C17H17ClN2O2. The average molecular weight is 317 g/mol. The Morgan fingerprint density at radius 1 is 1.09 bits per heavy atom. The van der Waals surface area contributed by atoms with Gasteiger partial charge in [0.2, 0.25) is 0 Å². The number of aliphatic hydroxyl groups is 1. The Balaban J connectivity index is 1.79. The fourth-order valence-corrected chi connectivity index (χ4v) is 2.01. The van der Waals surface area contributed by atoms with E-state index in [9.17, 15) is 4.79 Å². The van der Waals surface area contributed by atoms with Crippen molar-refractivity contribution in [3.05, 3.63) is 76.4 Å². The monoisotopic (exact) mass is 316 g/mol. The first kappa shape index (κ1) is 16.1. The fourth-order valence-electron chi connectivity index (χ4n) is 1.81.